The first-order valence-corrected chi connectivity index (χ1v) is 14.1. The van der Waals surface area contributed by atoms with E-state index in [9.17, 15) is 39.4 Å². The molecule has 0 N–H and O–H groups in total. The highest BCUT2D eigenvalue weighted by atomic mass is 16.6. The topological polar surface area (TPSA) is 161 Å². The molecule has 1 fully saturated rings. The Labute approximate surface area is 254 Å². The lowest BCUT2D eigenvalue weighted by atomic mass is 9.55. The largest absolute Gasteiger partial charge is 0.292 e. The summed E-state index contributed by atoms with van der Waals surface area (Å²) in [5.74, 6) is -5.59. The molecule has 1 heterocycles. The van der Waals surface area contributed by atoms with Gasteiger partial charge in [0.2, 0.25) is 0 Å². The molecule has 2 atom stereocenters. The minimum absolute atomic E-state index is 0.00818. The molecule has 4 aliphatic rings. The third kappa shape index (κ3) is 4.21. The number of non-ortho nitro benzene ring substituents is 2. The monoisotopic (exact) mass is 602 g/mol. The van der Waals surface area contributed by atoms with Crippen LogP contribution in [0.1, 0.15) is 54.8 Å². The van der Waals surface area contributed by atoms with E-state index in [4.69, 9.17) is 0 Å². The normalized spacial score (nSPS) is 20.7. The number of nitro groups is 2. The van der Waals surface area contributed by atoms with Gasteiger partial charge >= 0.3 is 0 Å². The summed E-state index contributed by atoms with van der Waals surface area (Å²) in [6.45, 7) is -0.772. The van der Waals surface area contributed by atoms with Crippen molar-refractivity contribution in [3.05, 3.63) is 151 Å². The number of rotatable bonds is 7. The predicted molar refractivity (Wildman–Crippen MR) is 157 cm³/mol. The molecule has 0 aromatic heterocycles. The van der Waals surface area contributed by atoms with Crippen LogP contribution >= 0.6 is 0 Å². The van der Waals surface area contributed by atoms with Crippen LogP contribution in [0.4, 0.5) is 11.4 Å². The standard InChI is InChI=1S/C33H22N4O8/c38-26(18-12-14-20(15-13-18)36(42)43)17-34(31(39)19-6-5-7-21(16-19)37(44)45)35-32(40)29-27-22-8-1-2-9-23(22)28(30(29)33(35)41)25-11-4-3-10-24(25)27/h1-16,27-30H,17H2/t27?,28?,29-,30-/m1/s1. The van der Waals surface area contributed by atoms with Gasteiger partial charge in [0, 0.05) is 47.2 Å². The SMILES string of the molecule is O=C(CN(C(=O)c1cccc([N+](=O)[O-])c1)N1C(=O)[C@@H]2C3c4ccccc4C(c4ccccc43)[C@H]2C1=O)c1ccc([N+](=O)[O-])cc1. The van der Waals surface area contributed by atoms with Crippen molar-refractivity contribution in [1.29, 1.82) is 0 Å². The third-order valence-corrected chi connectivity index (χ3v) is 8.90. The van der Waals surface area contributed by atoms with Gasteiger partial charge in [-0.25, -0.2) is 5.01 Å². The van der Waals surface area contributed by atoms with E-state index in [1.165, 1.54) is 30.3 Å². The molecule has 1 aliphatic heterocycles. The van der Waals surface area contributed by atoms with Crippen LogP contribution < -0.4 is 0 Å². The first-order chi connectivity index (χ1) is 21.7. The van der Waals surface area contributed by atoms with Crippen molar-refractivity contribution in [3.8, 4) is 0 Å². The Kier molecular flexibility index (Phi) is 6.36. The molecule has 0 spiro atoms. The van der Waals surface area contributed by atoms with Gasteiger partial charge in [-0.05, 0) is 40.5 Å². The van der Waals surface area contributed by atoms with Crippen LogP contribution in [0.2, 0.25) is 0 Å². The van der Waals surface area contributed by atoms with E-state index in [2.05, 4.69) is 0 Å². The summed E-state index contributed by atoms with van der Waals surface area (Å²) in [6.07, 6.45) is 0. The minimum Gasteiger partial charge on any atom is -0.292 e. The summed E-state index contributed by atoms with van der Waals surface area (Å²) in [6, 6.07) is 24.7. The molecule has 1 saturated heterocycles. The summed E-state index contributed by atoms with van der Waals surface area (Å²) in [5, 5.41) is 24.1. The number of carbonyl (C=O) groups is 4. The second kappa shape index (κ2) is 10.3. The van der Waals surface area contributed by atoms with Gasteiger partial charge in [-0.2, -0.15) is 5.01 Å². The number of benzene rings is 4. The summed E-state index contributed by atoms with van der Waals surface area (Å²) in [7, 11) is 0. The van der Waals surface area contributed by atoms with Crippen LogP contribution in [0.25, 0.3) is 0 Å². The number of imide groups is 1. The number of ketones is 1. The highest BCUT2D eigenvalue weighted by Gasteiger charge is 2.63. The highest BCUT2D eigenvalue weighted by Crippen LogP contribution is 2.61. The van der Waals surface area contributed by atoms with E-state index in [0.717, 1.165) is 50.5 Å². The zero-order valence-electron chi connectivity index (χ0n) is 23.3. The summed E-state index contributed by atoms with van der Waals surface area (Å²) in [5.41, 5.74) is 2.85. The minimum atomic E-state index is -0.961. The molecule has 3 aliphatic carbocycles. The second-order valence-corrected chi connectivity index (χ2v) is 11.2. The van der Waals surface area contributed by atoms with E-state index >= 15 is 0 Å². The van der Waals surface area contributed by atoms with Crippen molar-refractivity contribution in [2.75, 3.05) is 6.54 Å². The molecule has 4 aromatic rings. The van der Waals surface area contributed by atoms with E-state index < -0.39 is 63.6 Å². The second-order valence-electron chi connectivity index (χ2n) is 11.2. The van der Waals surface area contributed by atoms with E-state index in [1.54, 1.807) is 0 Å². The Bertz CT molecular complexity index is 1860. The summed E-state index contributed by atoms with van der Waals surface area (Å²) in [4.78, 5) is 77.6. The first-order valence-electron chi connectivity index (χ1n) is 14.1. The lowest BCUT2D eigenvalue weighted by molar-refractivity contribution is -0.385. The Morgan fingerprint density at radius 3 is 1.60 bits per heavy atom. The molecule has 12 heteroatoms. The third-order valence-electron chi connectivity index (χ3n) is 8.90. The fourth-order valence-electron chi connectivity index (χ4n) is 7.03. The highest BCUT2D eigenvalue weighted by molar-refractivity contribution is 6.11. The maximum Gasteiger partial charge on any atom is 0.273 e. The Balaban J connectivity index is 1.32. The summed E-state index contributed by atoms with van der Waals surface area (Å²) >= 11 is 0. The van der Waals surface area contributed by atoms with Crippen molar-refractivity contribution in [1.82, 2.24) is 10.0 Å². The first kappa shape index (κ1) is 27.8. The molecule has 222 valence electrons. The number of hydrogen-bond donors (Lipinski definition) is 0. The number of hydrogen-bond acceptors (Lipinski definition) is 8. The van der Waals surface area contributed by atoms with Gasteiger partial charge in [0.25, 0.3) is 29.1 Å². The molecule has 0 saturated carbocycles. The van der Waals surface area contributed by atoms with Gasteiger partial charge < -0.3 is 0 Å². The smallest absolute Gasteiger partial charge is 0.273 e. The van der Waals surface area contributed by atoms with Crippen LogP contribution in [0.3, 0.4) is 0 Å². The maximum absolute atomic E-state index is 14.4. The molecular weight excluding hydrogens is 580 g/mol. The molecule has 0 unspecified atom stereocenters. The van der Waals surface area contributed by atoms with Gasteiger partial charge in [0.15, 0.2) is 5.78 Å². The van der Waals surface area contributed by atoms with Gasteiger partial charge in [-0.15, -0.1) is 0 Å². The molecular formula is C33H22N4O8. The molecule has 2 bridgehead atoms. The predicted octanol–water partition coefficient (Wildman–Crippen LogP) is 4.64. The molecule has 0 radical (unpaired) electrons. The molecule has 8 rings (SSSR count). The van der Waals surface area contributed by atoms with Crippen LogP contribution in [0.5, 0.6) is 0 Å². The molecule has 4 aromatic carbocycles. The average Bonchev–Trinajstić information content (AvgIpc) is 3.32. The number of nitro benzene ring substituents is 2. The quantitative estimate of drug-likeness (QED) is 0.128. The Morgan fingerprint density at radius 2 is 1.13 bits per heavy atom. The lowest BCUT2D eigenvalue weighted by Gasteiger charge is -2.45. The average molecular weight is 603 g/mol. The van der Waals surface area contributed by atoms with Gasteiger partial charge in [-0.1, -0.05) is 54.6 Å². The van der Waals surface area contributed by atoms with Crippen LogP contribution in [-0.2, 0) is 9.59 Å². The Morgan fingerprint density at radius 1 is 0.644 bits per heavy atom. The number of hydrazine groups is 1. The van der Waals surface area contributed by atoms with Crippen molar-refractivity contribution in [2.24, 2.45) is 11.8 Å². The van der Waals surface area contributed by atoms with E-state index in [1.807, 2.05) is 48.5 Å². The van der Waals surface area contributed by atoms with Crippen molar-refractivity contribution in [2.45, 2.75) is 11.8 Å². The van der Waals surface area contributed by atoms with Crippen molar-refractivity contribution >= 4 is 34.9 Å². The fourth-order valence-corrected chi connectivity index (χ4v) is 7.03. The maximum atomic E-state index is 14.4. The zero-order chi connectivity index (χ0) is 31.6. The number of carbonyl (C=O) groups excluding carboxylic acids is 4. The Hall–Kier alpha value is -6.04. The number of Topliss-reactive ketones (excluding diaryl/α,β-unsaturated/α-hetero) is 1. The summed E-state index contributed by atoms with van der Waals surface area (Å²) < 4.78 is 0. The van der Waals surface area contributed by atoms with Crippen LogP contribution in [-0.4, -0.2) is 49.9 Å². The molecule has 12 nitrogen and oxygen atoms in total. The number of nitrogens with zero attached hydrogens (tertiary/aromatic N) is 4. The van der Waals surface area contributed by atoms with Crippen LogP contribution in [0.15, 0.2) is 97.1 Å². The molecule has 45 heavy (non-hydrogen) atoms. The van der Waals surface area contributed by atoms with Crippen molar-refractivity contribution < 1.29 is 29.0 Å². The van der Waals surface area contributed by atoms with E-state index in [-0.39, 0.29) is 22.5 Å². The lowest BCUT2D eigenvalue weighted by Crippen LogP contribution is -2.52. The van der Waals surface area contributed by atoms with E-state index in [0.29, 0.717) is 0 Å². The zero-order valence-corrected chi connectivity index (χ0v) is 23.3. The molecule has 3 amide bonds. The van der Waals surface area contributed by atoms with Gasteiger partial charge in [0.1, 0.15) is 6.54 Å². The van der Waals surface area contributed by atoms with Gasteiger partial charge in [0.05, 0.1) is 21.7 Å². The van der Waals surface area contributed by atoms with Crippen LogP contribution in [0, 0.1) is 32.1 Å². The fraction of sp³-hybridized carbons (Fsp3) is 0.152. The van der Waals surface area contributed by atoms with Gasteiger partial charge in [-0.3, -0.25) is 39.4 Å². The number of amides is 3. The van der Waals surface area contributed by atoms with Crippen molar-refractivity contribution in [3.63, 3.8) is 0 Å².